The highest BCUT2D eigenvalue weighted by atomic mass is 16.6. The molecule has 202 valence electrons. The largest absolute Gasteiger partial charge is 0.492 e. The first-order valence-electron chi connectivity index (χ1n) is 13.1. The predicted octanol–water partition coefficient (Wildman–Crippen LogP) is 5.76. The van der Waals surface area contributed by atoms with Gasteiger partial charge in [-0.2, -0.15) is 0 Å². The number of aliphatic carboxylic acids is 1. The number of amides is 1. The van der Waals surface area contributed by atoms with Crippen molar-refractivity contribution in [3.05, 3.63) is 102 Å². The van der Waals surface area contributed by atoms with Crippen LogP contribution in [-0.4, -0.2) is 54.5 Å². The lowest BCUT2D eigenvalue weighted by molar-refractivity contribution is -0.149. The molecule has 0 aliphatic carbocycles. The van der Waals surface area contributed by atoms with Gasteiger partial charge in [-0.25, -0.2) is 9.59 Å². The van der Waals surface area contributed by atoms with Gasteiger partial charge in [-0.05, 0) is 55.0 Å². The third-order valence-electron chi connectivity index (χ3n) is 6.07. The quantitative estimate of drug-likeness (QED) is 0.242. The van der Waals surface area contributed by atoms with Gasteiger partial charge in [0.2, 0.25) is 0 Å². The van der Waals surface area contributed by atoms with Crippen molar-refractivity contribution < 1.29 is 28.9 Å². The van der Waals surface area contributed by atoms with E-state index in [2.05, 4.69) is 12.1 Å². The lowest BCUT2D eigenvalue weighted by Gasteiger charge is -2.22. The number of carboxylic acids is 1. The maximum absolute atomic E-state index is 12.9. The van der Waals surface area contributed by atoms with E-state index in [1.165, 1.54) is 5.56 Å². The molecule has 0 bridgehead atoms. The summed E-state index contributed by atoms with van der Waals surface area (Å²) in [6.45, 7) is 3.63. The summed E-state index contributed by atoms with van der Waals surface area (Å²) in [7, 11) is 0. The third kappa shape index (κ3) is 10.3. The topological polar surface area (TPSA) is 85.3 Å². The molecule has 7 nitrogen and oxygen atoms in total. The molecule has 3 aromatic carbocycles. The second-order valence-corrected chi connectivity index (χ2v) is 8.95. The van der Waals surface area contributed by atoms with Gasteiger partial charge < -0.3 is 24.2 Å². The van der Waals surface area contributed by atoms with Crippen molar-refractivity contribution in [3.8, 4) is 5.75 Å². The lowest BCUT2D eigenvalue weighted by atomic mass is 10.1. The molecule has 7 heteroatoms. The van der Waals surface area contributed by atoms with Crippen molar-refractivity contribution in [2.24, 2.45) is 0 Å². The van der Waals surface area contributed by atoms with E-state index in [0.29, 0.717) is 32.1 Å². The van der Waals surface area contributed by atoms with Crippen LogP contribution in [0, 0.1) is 0 Å². The molecule has 1 unspecified atom stereocenters. The van der Waals surface area contributed by atoms with Crippen molar-refractivity contribution in [2.75, 3.05) is 26.3 Å². The minimum absolute atomic E-state index is 0.224. The number of rotatable bonds is 16. The number of carbonyl (C=O) groups is 2. The van der Waals surface area contributed by atoms with Gasteiger partial charge in [-0.1, -0.05) is 72.8 Å². The molecule has 38 heavy (non-hydrogen) atoms. The van der Waals surface area contributed by atoms with Crippen LogP contribution in [0.25, 0.3) is 0 Å². The summed E-state index contributed by atoms with van der Waals surface area (Å²) in [5.74, 6) is -0.325. The summed E-state index contributed by atoms with van der Waals surface area (Å²) in [5.41, 5.74) is 3.08. The van der Waals surface area contributed by atoms with Crippen LogP contribution in [0.1, 0.15) is 36.5 Å². The van der Waals surface area contributed by atoms with Gasteiger partial charge in [0.1, 0.15) is 19.0 Å². The lowest BCUT2D eigenvalue weighted by Crippen LogP contribution is -2.36. The zero-order chi connectivity index (χ0) is 27.0. The molecule has 0 spiro atoms. The van der Waals surface area contributed by atoms with E-state index >= 15 is 0 Å². The Labute approximate surface area is 225 Å². The van der Waals surface area contributed by atoms with Crippen LogP contribution in [0.15, 0.2) is 84.9 Å². The molecule has 1 amide bonds. The van der Waals surface area contributed by atoms with Crippen LogP contribution >= 0.6 is 0 Å². The molecule has 0 saturated heterocycles. The van der Waals surface area contributed by atoms with E-state index in [9.17, 15) is 14.7 Å². The van der Waals surface area contributed by atoms with Crippen molar-refractivity contribution in [3.63, 3.8) is 0 Å². The van der Waals surface area contributed by atoms with Crippen molar-refractivity contribution >= 4 is 12.1 Å². The molecule has 1 atom stereocenters. The van der Waals surface area contributed by atoms with Gasteiger partial charge in [0.05, 0.1) is 6.54 Å². The molecule has 3 aromatic rings. The van der Waals surface area contributed by atoms with E-state index in [1.54, 1.807) is 24.0 Å². The Balaban J connectivity index is 1.50. The van der Waals surface area contributed by atoms with Gasteiger partial charge in [-0.15, -0.1) is 0 Å². The summed E-state index contributed by atoms with van der Waals surface area (Å²) < 4.78 is 16.7. The van der Waals surface area contributed by atoms with Gasteiger partial charge >= 0.3 is 12.1 Å². The van der Waals surface area contributed by atoms with Crippen molar-refractivity contribution in [1.29, 1.82) is 0 Å². The minimum Gasteiger partial charge on any atom is -0.492 e. The predicted molar refractivity (Wildman–Crippen MR) is 146 cm³/mol. The Kier molecular flexibility index (Phi) is 12.2. The second-order valence-electron chi connectivity index (χ2n) is 8.95. The van der Waals surface area contributed by atoms with Crippen LogP contribution in [0.5, 0.6) is 5.75 Å². The number of carbonyl (C=O) groups excluding carboxylic acids is 1. The van der Waals surface area contributed by atoms with Gasteiger partial charge in [0.25, 0.3) is 0 Å². The molecular formula is C31H37NO6. The fourth-order valence-electron chi connectivity index (χ4n) is 4.01. The van der Waals surface area contributed by atoms with Crippen LogP contribution in [0.3, 0.4) is 0 Å². The Morgan fingerprint density at radius 2 is 1.47 bits per heavy atom. The molecule has 0 aliphatic rings. The fraction of sp³-hybridized carbons (Fsp3) is 0.355. The van der Waals surface area contributed by atoms with E-state index < -0.39 is 12.1 Å². The van der Waals surface area contributed by atoms with E-state index in [-0.39, 0.29) is 19.1 Å². The van der Waals surface area contributed by atoms with Crippen LogP contribution in [0.2, 0.25) is 0 Å². The number of benzene rings is 3. The standard InChI is InChI=1S/C31H37NO6/c1-2-36-29(30(33)34)23-26-16-18-28(19-17-26)37-22-21-32(20-10-9-13-25-11-5-3-6-12-25)31(35)38-24-27-14-7-4-8-15-27/h3-8,11-12,14-19,29H,2,9-10,13,20-24H2,1H3,(H,33,34). The number of nitrogens with zero attached hydrogens (tertiary/aromatic N) is 1. The average molecular weight is 520 g/mol. The summed E-state index contributed by atoms with van der Waals surface area (Å²) in [6, 6.07) is 27.2. The highest BCUT2D eigenvalue weighted by Gasteiger charge is 2.18. The van der Waals surface area contributed by atoms with Crippen molar-refractivity contribution in [1.82, 2.24) is 4.90 Å². The van der Waals surface area contributed by atoms with Gasteiger partial charge in [0, 0.05) is 19.6 Å². The first-order valence-corrected chi connectivity index (χ1v) is 13.1. The summed E-state index contributed by atoms with van der Waals surface area (Å²) >= 11 is 0. The summed E-state index contributed by atoms with van der Waals surface area (Å²) in [4.78, 5) is 25.9. The highest BCUT2D eigenvalue weighted by Crippen LogP contribution is 2.15. The van der Waals surface area contributed by atoms with Gasteiger partial charge in [-0.3, -0.25) is 0 Å². The number of hydrogen-bond donors (Lipinski definition) is 1. The number of aryl methyl sites for hydroxylation is 1. The maximum atomic E-state index is 12.9. The SMILES string of the molecule is CCOC(Cc1ccc(OCCN(CCCCc2ccccc2)C(=O)OCc2ccccc2)cc1)C(=O)O. The Hall–Kier alpha value is -3.84. The second kappa shape index (κ2) is 16.1. The summed E-state index contributed by atoms with van der Waals surface area (Å²) in [6.07, 6.45) is 1.84. The number of ether oxygens (including phenoxy) is 3. The normalized spacial score (nSPS) is 11.5. The minimum atomic E-state index is -0.977. The maximum Gasteiger partial charge on any atom is 0.410 e. The Bertz CT molecular complexity index is 1090. The van der Waals surface area contributed by atoms with Gasteiger partial charge in [0.15, 0.2) is 6.10 Å². The molecule has 0 aromatic heterocycles. The Morgan fingerprint density at radius 1 is 0.816 bits per heavy atom. The number of carboxylic acid groups (broad SMARTS) is 1. The smallest absolute Gasteiger partial charge is 0.410 e. The zero-order valence-corrected chi connectivity index (χ0v) is 22.0. The highest BCUT2D eigenvalue weighted by molar-refractivity contribution is 5.72. The molecule has 3 rings (SSSR count). The zero-order valence-electron chi connectivity index (χ0n) is 22.0. The first kappa shape index (κ1) is 28.7. The molecule has 0 radical (unpaired) electrons. The van der Waals surface area contributed by atoms with Crippen LogP contribution in [-0.2, 0) is 33.7 Å². The molecule has 0 heterocycles. The molecule has 0 saturated carbocycles. The van der Waals surface area contributed by atoms with E-state index in [0.717, 1.165) is 30.4 Å². The first-order chi connectivity index (χ1) is 18.5. The fourth-order valence-corrected chi connectivity index (χ4v) is 4.01. The monoisotopic (exact) mass is 519 g/mol. The molecule has 1 N–H and O–H groups in total. The molecule has 0 fully saturated rings. The molecular weight excluding hydrogens is 482 g/mol. The van der Waals surface area contributed by atoms with Crippen LogP contribution in [0.4, 0.5) is 4.79 Å². The van der Waals surface area contributed by atoms with E-state index in [4.69, 9.17) is 14.2 Å². The van der Waals surface area contributed by atoms with Crippen molar-refractivity contribution in [2.45, 2.75) is 45.3 Å². The molecule has 0 aliphatic heterocycles. The van der Waals surface area contributed by atoms with Crippen LogP contribution < -0.4 is 4.74 Å². The average Bonchev–Trinajstić information content (AvgIpc) is 2.94. The third-order valence-corrected chi connectivity index (χ3v) is 6.07. The summed E-state index contributed by atoms with van der Waals surface area (Å²) in [5, 5.41) is 9.28. The van der Waals surface area contributed by atoms with E-state index in [1.807, 2.05) is 60.7 Å². The number of unbranched alkanes of at least 4 members (excludes halogenated alkanes) is 1. The number of hydrogen-bond acceptors (Lipinski definition) is 5. The Morgan fingerprint density at radius 3 is 2.11 bits per heavy atom.